The molecule has 2 N–H and O–H groups in total. The maximum absolute atomic E-state index is 12.9. The van der Waals surface area contributed by atoms with Gasteiger partial charge in [-0.05, 0) is 50.1 Å². The van der Waals surface area contributed by atoms with Gasteiger partial charge in [-0.25, -0.2) is 4.98 Å². The molecule has 0 spiro atoms. The molecule has 1 fully saturated rings. The molecule has 1 amide bonds. The summed E-state index contributed by atoms with van der Waals surface area (Å²) in [5.41, 5.74) is 2.51. The van der Waals surface area contributed by atoms with Gasteiger partial charge in [-0.1, -0.05) is 24.3 Å². The van der Waals surface area contributed by atoms with Gasteiger partial charge in [0, 0.05) is 38.0 Å². The lowest BCUT2D eigenvalue weighted by Gasteiger charge is -2.32. The van der Waals surface area contributed by atoms with Crippen molar-refractivity contribution in [2.45, 2.75) is 19.8 Å². The molecule has 30 heavy (non-hydrogen) atoms. The zero-order valence-corrected chi connectivity index (χ0v) is 17.5. The van der Waals surface area contributed by atoms with Gasteiger partial charge in [-0.2, -0.15) is 0 Å². The van der Waals surface area contributed by atoms with E-state index in [-0.39, 0.29) is 17.6 Å². The highest BCUT2D eigenvalue weighted by atomic mass is 16.3. The summed E-state index contributed by atoms with van der Waals surface area (Å²) in [6.45, 7) is 4.50. The van der Waals surface area contributed by atoms with E-state index in [1.165, 1.54) is 0 Å². The Morgan fingerprint density at radius 2 is 1.90 bits per heavy atom. The van der Waals surface area contributed by atoms with Crippen LogP contribution in [0.25, 0.3) is 10.9 Å². The molecule has 0 bridgehead atoms. The van der Waals surface area contributed by atoms with Crippen molar-refractivity contribution < 1.29 is 9.90 Å². The first-order valence-corrected chi connectivity index (χ1v) is 10.5. The van der Waals surface area contributed by atoms with E-state index in [0.29, 0.717) is 5.52 Å². The van der Waals surface area contributed by atoms with Gasteiger partial charge in [0.2, 0.25) is 5.91 Å². The van der Waals surface area contributed by atoms with Crippen molar-refractivity contribution in [3.8, 4) is 5.75 Å². The number of carbonyl (C=O) groups is 1. The molecule has 6 nitrogen and oxygen atoms in total. The Morgan fingerprint density at radius 1 is 1.13 bits per heavy atom. The van der Waals surface area contributed by atoms with E-state index in [4.69, 9.17) is 0 Å². The Kier molecular flexibility index (Phi) is 5.74. The maximum Gasteiger partial charge on any atom is 0.227 e. The molecule has 0 aliphatic carbocycles. The van der Waals surface area contributed by atoms with Crippen LogP contribution in [0.5, 0.6) is 5.75 Å². The molecular weight excluding hydrogens is 376 g/mol. The minimum absolute atomic E-state index is 0.0184. The molecule has 156 valence electrons. The summed E-state index contributed by atoms with van der Waals surface area (Å²) in [5, 5.41) is 14.1. The van der Waals surface area contributed by atoms with Crippen LogP contribution in [0.2, 0.25) is 0 Å². The second-order valence-electron chi connectivity index (χ2n) is 7.80. The number of aromatic hydroxyl groups is 1. The average Bonchev–Trinajstić information content (AvgIpc) is 2.79. The van der Waals surface area contributed by atoms with Crippen LogP contribution in [0.3, 0.4) is 0 Å². The number of para-hydroxylation sites is 3. The van der Waals surface area contributed by atoms with Crippen molar-refractivity contribution in [2.75, 3.05) is 41.8 Å². The van der Waals surface area contributed by atoms with Gasteiger partial charge in [0.15, 0.2) is 0 Å². The predicted octanol–water partition coefficient (Wildman–Crippen LogP) is 4.25. The van der Waals surface area contributed by atoms with Crippen LogP contribution in [-0.4, -0.2) is 42.7 Å². The topological polar surface area (TPSA) is 68.7 Å². The normalized spacial score (nSPS) is 14.7. The van der Waals surface area contributed by atoms with Crippen molar-refractivity contribution >= 4 is 34.0 Å². The fraction of sp³-hybridized carbons (Fsp3) is 0.333. The predicted molar refractivity (Wildman–Crippen MR) is 122 cm³/mol. The van der Waals surface area contributed by atoms with Gasteiger partial charge >= 0.3 is 0 Å². The molecule has 1 aliphatic rings. The number of amides is 1. The number of nitrogens with zero attached hydrogens (tertiary/aromatic N) is 3. The van der Waals surface area contributed by atoms with E-state index in [0.717, 1.165) is 55.1 Å². The molecule has 4 rings (SSSR count). The molecule has 0 saturated carbocycles. The van der Waals surface area contributed by atoms with Crippen LogP contribution in [-0.2, 0) is 4.79 Å². The Hall–Kier alpha value is -3.28. The Morgan fingerprint density at radius 3 is 2.67 bits per heavy atom. The Bertz CT molecular complexity index is 1040. The number of benzene rings is 2. The van der Waals surface area contributed by atoms with Gasteiger partial charge < -0.3 is 20.2 Å². The van der Waals surface area contributed by atoms with Gasteiger partial charge in [-0.3, -0.25) is 4.79 Å². The van der Waals surface area contributed by atoms with Gasteiger partial charge in [-0.15, -0.1) is 0 Å². The minimum atomic E-state index is -0.0184. The van der Waals surface area contributed by atoms with E-state index in [9.17, 15) is 9.90 Å². The first-order chi connectivity index (χ1) is 14.6. The fourth-order valence-corrected chi connectivity index (χ4v) is 3.99. The first kappa shape index (κ1) is 20.0. The summed E-state index contributed by atoms with van der Waals surface area (Å²) < 4.78 is 0. The molecule has 1 saturated heterocycles. The number of carbonyl (C=O) groups excluding carboxylic acids is 1. The zero-order chi connectivity index (χ0) is 21.1. The Balaban J connectivity index is 1.41. The monoisotopic (exact) mass is 404 g/mol. The summed E-state index contributed by atoms with van der Waals surface area (Å²) in [7, 11) is 2.03. The van der Waals surface area contributed by atoms with Gasteiger partial charge in [0.1, 0.15) is 17.1 Å². The highest BCUT2D eigenvalue weighted by Gasteiger charge is 2.26. The number of anilines is 3. The van der Waals surface area contributed by atoms with Crippen LogP contribution >= 0.6 is 0 Å². The number of fused-ring (bicyclic) bond motifs is 1. The standard InChI is InChI=1S/C24H28N4O2/c1-3-27(2)20-9-5-4-8-19(20)25-24(30)18-13-15-28(16-14-18)22-12-11-17-7-6-10-21(29)23(17)26-22/h4-12,18,29H,3,13-16H2,1-2H3,(H,25,30). The molecule has 0 unspecified atom stereocenters. The van der Waals surface area contributed by atoms with Crippen LogP contribution < -0.4 is 15.1 Å². The molecule has 1 aromatic heterocycles. The highest BCUT2D eigenvalue weighted by molar-refractivity contribution is 5.96. The lowest BCUT2D eigenvalue weighted by Crippen LogP contribution is -2.38. The third-order valence-electron chi connectivity index (χ3n) is 5.92. The fourth-order valence-electron chi connectivity index (χ4n) is 3.99. The van der Waals surface area contributed by atoms with Crippen molar-refractivity contribution in [3.05, 3.63) is 54.6 Å². The molecule has 1 aliphatic heterocycles. The van der Waals surface area contributed by atoms with Crippen molar-refractivity contribution in [1.82, 2.24) is 4.98 Å². The zero-order valence-electron chi connectivity index (χ0n) is 17.5. The van der Waals surface area contributed by atoms with E-state index in [1.807, 2.05) is 55.6 Å². The van der Waals surface area contributed by atoms with Crippen LogP contribution in [0.1, 0.15) is 19.8 Å². The summed E-state index contributed by atoms with van der Waals surface area (Å²) in [5.74, 6) is 1.10. The van der Waals surface area contributed by atoms with Crippen molar-refractivity contribution in [3.63, 3.8) is 0 Å². The third kappa shape index (κ3) is 4.03. The van der Waals surface area contributed by atoms with Crippen molar-refractivity contribution in [1.29, 1.82) is 0 Å². The van der Waals surface area contributed by atoms with E-state index in [2.05, 4.69) is 27.0 Å². The van der Waals surface area contributed by atoms with Crippen LogP contribution in [0.4, 0.5) is 17.2 Å². The largest absolute Gasteiger partial charge is 0.506 e. The maximum atomic E-state index is 12.9. The quantitative estimate of drug-likeness (QED) is 0.665. The van der Waals surface area contributed by atoms with E-state index in [1.54, 1.807) is 6.07 Å². The highest BCUT2D eigenvalue weighted by Crippen LogP contribution is 2.29. The molecule has 6 heteroatoms. The number of nitrogens with one attached hydrogen (secondary N) is 1. The summed E-state index contributed by atoms with van der Waals surface area (Å²) in [6, 6.07) is 17.3. The molecule has 0 radical (unpaired) electrons. The SMILES string of the molecule is CCN(C)c1ccccc1NC(=O)C1CCN(c2ccc3cccc(O)c3n2)CC1. The van der Waals surface area contributed by atoms with Gasteiger partial charge in [0.25, 0.3) is 0 Å². The minimum Gasteiger partial charge on any atom is -0.506 e. The lowest BCUT2D eigenvalue weighted by molar-refractivity contribution is -0.120. The van der Waals surface area contributed by atoms with Gasteiger partial charge in [0.05, 0.1) is 11.4 Å². The second-order valence-corrected chi connectivity index (χ2v) is 7.80. The molecule has 0 atom stereocenters. The molecule has 3 aromatic rings. The smallest absolute Gasteiger partial charge is 0.227 e. The molecule has 2 heterocycles. The second kappa shape index (κ2) is 8.61. The number of phenolic OH excluding ortho intramolecular Hbond substituents is 1. The number of rotatable bonds is 5. The third-order valence-corrected chi connectivity index (χ3v) is 5.92. The Labute approximate surface area is 177 Å². The average molecular weight is 405 g/mol. The number of aromatic nitrogens is 1. The van der Waals surface area contributed by atoms with E-state index >= 15 is 0 Å². The van der Waals surface area contributed by atoms with Crippen LogP contribution in [0.15, 0.2) is 54.6 Å². The number of phenols is 1. The van der Waals surface area contributed by atoms with E-state index < -0.39 is 0 Å². The number of pyridine rings is 1. The lowest BCUT2D eigenvalue weighted by atomic mass is 9.95. The summed E-state index contributed by atoms with van der Waals surface area (Å²) in [6.07, 6.45) is 1.55. The first-order valence-electron chi connectivity index (χ1n) is 10.5. The summed E-state index contributed by atoms with van der Waals surface area (Å²) >= 11 is 0. The number of piperidine rings is 1. The number of hydrogen-bond donors (Lipinski definition) is 2. The number of hydrogen-bond acceptors (Lipinski definition) is 5. The molecular formula is C24H28N4O2. The molecule has 2 aromatic carbocycles. The van der Waals surface area contributed by atoms with Crippen LogP contribution in [0, 0.1) is 5.92 Å². The summed E-state index contributed by atoms with van der Waals surface area (Å²) in [4.78, 5) is 21.9. The van der Waals surface area contributed by atoms with Crippen molar-refractivity contribution in [2.24, 2.45) is 5.92 Å².